The zero-order valence-electron chi connectivity index (χ0n) is 28.2. The highest BCUT2D eigenvalue weighted by Gasteiger charge is 2.72. The number of hydrogen-bond donors (Lipinski definition) is 7. The molecule has 0 amide bonds. The fourth-order valence-electron chi connectivity index (χ4n) is 11.9. The van der Waals surface area contributed by atoms with Crippen molar-refractivity contribution in [2.75, 3.05) is 24.8 Å². The summed E-state index contributed by atoms with van der Waals surface area (Å²) in [4.78, 5) is 29.3. The summed E-state index contributed by atoms with van der Waals surface area (Å²) in [6, 6.07) is 0. The predicted molar refractivity (Wildman–Crippen MR) is 184 cm³/mol. The highest BCUT2D eigenvalue weighted by molar-refractivity contribution is 8.76. The normalized spacial score (nSPS) is 49.8. The molecule has 0 aromatic carbocycles. The van der Waals surface area contributed by atoms with Crippen molar-refractivity contribution in [3.05, 3.63) is 23.5 Å². The minimum absolute atomic E-state index is 0.0136. The number of ether oxygens (including phenoxy) is 2. The molecule has 7 bridgehead atoms. The number of aliphatic hydroxyl groups excluding tert-OH is 4. The van der Waals surface area contributed by atoms with Crippen LogP contribution in [0.25, 0.3) is 0 Å². The molecule has 2 spiro atoms. The average Bonchev–Trinajstić information content (AvgIpc) is 3.59. The molecular weight excluding hydrogens is 669 g/mol. The summed E-state index contributed by atoms with van der Waals surface area (Å²) in [5.41, 5.74) is -4.61. The molecule has 3 heterocycles. The van der Waals surface area contributed by atoms with Crippen LogP contribution >= 0.6 is 21.6 Å². The molecule has 4 saturated carbocycles. The number of ketones is 2. The number of Topliss-reactive ketones (excluding diaryl/α,β-unsaturated/α-hetero) is 2. The Labute approximate surface area is 295 Å². The Balaban J connectivity index is 1.22. The van der Waals surface area contributed by atoms with E-state index in [4.69, 9.17) is 9.47 Å². The van der Waals surface area contributed by atoms with Gasteiger partial charge in [-0.15, -0.1) is 0 Å². The first-order valence-corrected chi connectivity index (χ1v) is 20.9. The number of nitrogens with one attached hydrogen (secondary N) is 2. The largest absolute Gasteiger partial charge is 0.511 e. The first kappa shape index (κ1) is 35.1. The maximum Gasteiger partial charge on any atom is 0.187 e. The van der Waals surface area contributed by atoms with Crippen molar-refractivity contribution in [2.24, 2.45) is 40.4 Å². The summed E-state index contributed by atoms with van der Waals surface area (Å²) in [6.45, 7) is 2.05. The van der Waals surface area contributed by atoms with E-state index in [9.17, 15) is 35.1 Å². The van der Waals surface area contributed by atoms with Crippen molar-refractivity contribution in [2.45, 2.75) is 120 Å². The van der Waals surface area contributed by atoms with Gasteiger partial charge in [0.1, 0.15) is 40.4 Å². The van der Waals surface area contributed by atoms with Crippen LogP contribution in [-0.4, -0.2) is 104 Å². The minimum atomic E-state index is -2.03. The van der Waals surface area contributed by atoms with Crippen molar-refractivity contribution < 1.29 is 44.6 Å². The molecule has 7 N–H and O–H groups in total. The maximum atomic E-state index is 14.9. The number of carbonyl (C=O) groups is 2. The van der Waals surface area contributed by atoms with Crippen molar-refractivity contribution in [3.8, 4) is 0 Å². The van der Waals surface area contributed by atoms with Crippen molar-refractivity contribution in [1.29, 1.82) is 0 Å². The molecule has 8 aliphatic rings. The molecular formula is C36H52N2O9S2. The van der Waals surface area contributed by atoms with Crippen molar-refractivity contribution in [1.82, 2.24) is 10.6 Å². The van der Waals surface area contributed by atoms with Gasteiger partial charge in [-0.05, 0) is 88.2 Å². The SMILES string of the molecule is CC1=C[C@H]2C(=O)C3CCCC4O[C@@H]5O[C@]6(CO)CC[C@@H](C7(CCCC7)C7CCNC(C7)NCSSC[C@@]2(C(=O)C43)C(O)=C1)[C@](O)([C@@H]6O)[C@H]5O. The van der Waals surface area contributed by atoms with Gasteiger partial charge in [-0.1, -0.05) is 52.5 Å². The Morgan fingerprint density at radius 1 is 1.02 bits per heavy atom. The Morgan fingerprint density at radius 2 is 1.82 bits per heavy atom. The summed E-state index contributed by atoms with van der Waals surface area (Å²) in [7, 11) is 3.06. The van der Waals surface area contributed by atoms with E-state index in [1.54, 1.807) is 16.9 Å². The van der Waals surface area contributed by atoms with Crippen molar-refractivity contribution in [3.63, 3.8) is 0 Å². The van der Waals surface area contributed by atoms with Gasteiger partial charge in [0, 0.05) is 11.7 Å². The lowest BCUT2D eigenvalue weighted by molar-refractivity contribution is -0.405. The van der Waals surface area contributed by atoms with Gasteiger partial charge in [0.15, 0.2) is 12.1 Å². The smallest absolute Gasteiger partial charge is 0.187 e. The number of carbonyl (C=O) groups excluding carboxylic acids is 2. The van der Waals surface area contributed by atoms with Gasteiger partial charge < -0.3 is 40.3 Å². The van der Waals surface area contributed by atoms with E-state index < -0.39 is 71.5 Å². The van der Waals surface area contributed by atoms with Crippen LogP contribution in [0.3, 0.4) is 0 Å². The second-order valence-corrected chi connectivity index (χ2v) is 18.8. The molecule has 49 heavy (non-hydrogen) atoms. The molecule has 7 fully saturated rings. The molecule has 3 aliphatic heterocycles. The van der Waals surface area contributed by atoms with Crippen LogP contribution in [0.15, 0.2) is 23.5 Å². The zero-order chi connectivity index (χ0) is 34.3. The van der Waals surface area contributed by atoms with Gasteiger partial charge >= 0.3 is 0 Å². The average molecular weight is 721 g/mol. The van der Waals surface area contributed by atoms with Gasteiger partial charge in [-0.25, -0.2) is 0 Å². The number of piperidine rings is 1. The molecule has 5 aliphatic carbocycles. The molecule has 0 aromatic rings. The number of aliphatic hydroxyl groups is 5. The Morgan fingerprint density at radius 3 is 2.59 bits per heavy atom. The second-order valence-electron chi connectivity index (χ2n) is 16.3. The topological polar surface area (TPSA) is 178 Å². The van der Waals surface area contributed by atoms with Crippen LogP contribution in [0.5, 0.6) is 0 Å². The zero-order valence-corrected chi connectivity index (χ0v) is 29.9. The summed E-state index contributed by atoms with van der Waals surface area (Å²) >= 11 is 0. The van der Waals surface area contributed by atoms with E-state index in [0.29, 0.717) is 31.6 Å². The third-order valence-corrected chi connectivity index (χ3v) is 16.5. The van der Waals surface area contributed by atoms with E-state index in [-0.39, 0.29) is 47.0 Å². The van der Waals surface area contributed by atoms with Gasteiger partial charge in [0.05, 0.1) is 36.6 Å². The monoisotopic (exact) mass is 720 g/mol. The third kappa shape index (κ3) is 5.07. The quantitative estimate of drug-likeness (QED) is 0.197. The molecule has 3 saturated heterocycles. The Bertz CT molecular complexity index is 1410. The van der Waals surface area contributed by atoms with Crippen LogP contribution < -0.4 is 10.6 Å². The molecule has 8 rings (SSSR count). The van der Waals surface area contributed by atoms with Crippen LogP contribution in [-0.2, 0) is 19.1 Å². The molecule has 13 heteroatoms. The first-order valence-electron chi connectivity index (χ1n) is 18.4. The fourth-order valence-corrected chi connectivity index (χ4v) is 14.2. The standard InChI is InChI=1S/C36H52N2O9S2/c1-19-13-22-28(41)21-5-4-6-23-27(21)29(42)35(22,25(40)14-19)17-48-49-18-38-26-15-20(8-12-37-26)33(9-2-3-10-33)24-7-11-34(16-39)32(44)36(24,45)30(43)31(46-23)47-34/h13-14,20-24,26-27,30-32,37-40,43-45H,2-12,15-18H2,1H3/t20?,21?,22-,23?,24-,26?,27?,30-,31+,32+,34-,35-,36+/m0/s1. The fraction of sp³-hybridized carbons (Fsp3) is 0.833. The number of fused-ring (bicyclic) bond motifs is 6. The molecule has 5 unspecified atom stereocenters. The van der Waals surface area contributed by atoms with Crippen LogP contribution in [0.2, 0.25) is 0 Å². The lowest BCUT2D eigenvalue weighted by atomic mass is 9.50. The van der Waals surface area contributed by atoms with E-state index in [1.807, 2.05) is 13.0 Å². The number of allylic oxidation sites excluding steroid dienone is 4. The summed E-state index contributed by atoms with van der Waals surface area (Å²) in [5, 5.41) is 66.7. The van der Waals surface area contributed by atoms with Crippen LogP contribution in [0.1, 0.15) is 77.6 Å². The van der Waals surface area contributed by atoms with Crippen LogP contribution in [0, 0.1) is 40.4 Å². The minimum Gasteiger partial charge on any atom is -0.511 e. The van der Waals surface area contributed by atoms with Gasteiger partial charge in [-0.3, -0.25) is 14.9 Å². The molecule has 13 atom stereocenters. The lowest BCUT2D eigenvalue weighted by Gasteiger charge is -2.64. The van der Waals surface area contributed by atoms with E-state index in [0.717, 1.165) is 50.6 Å². The summed E-state index contributed by atoms with van der Waals surface area (Å²) < 4.78 is 13.0. The summed E-state index contributed by atoms with van der Waals surface area (Å²) in [5.74, 6) is -2.14. The van der Waals surface area contributed by atoms with Gasteiger partial charge in [0.25, 0.3) is 0 Å². The Hall–Kier alpha value is -1.00. The predicted octanol–water partition coefficient (Wildman–Crippen LogP) is 2.72. The Kier molecular flexibility index (Phi) is 9.19. The number of rotatable bonds is 1. The van der Waals surface area contributed by atoms with Crippen LogP contribution in [0.4, 0.5) is 0 Å². The van der Waals surface area contributed by atoms with Crippen molar-refractivity contribution >= 4 is 33.2 Å². The third-order valence-electron chi connectivity index (χ3n) is 14.2. The van der Waals surface area contributed by atoms with Gasteiger partial charge in [-0.2, -0.15) is 0 Å². The molecule has 272 valence electrons. The summed E-state index contributed by atoms with van der Waals surface area (Å²) in [6.07, 6.45) is 5.83. The molecule has 0 aromatic heterocycles. The lowest BCUT2D eigenvalue weighted by Crippen LogP contribution is -2.79. The number of hydrogen-bond acceptors (Lipinski definition) is 13. The first-order chi connectivity index (χ1) is 23.5. The van der Waals surface area contributed by atoms with E-state index in [1.165, 1.54) is 10.8 Å². The maximum absolute atomic E-state index is 14.9. The molecule has 0 radical (unpaired) electrons. The van der Waals surface area contributed by atoms with E-state index >= 15 is 0 Å². The second kappa shape index (κ2) is 12.8. The van der Waals surface area contributed by atoms with Gasteiger partial charge in [0.2, 0.25) is 0 Å². The molecule has 11 nitrogen and oxygen atoms in total. The van der Waals surface area contributed by atoms with E-state index in [2.05, 4.69) is 10.6 Å². The highest BCUT2D eigenvalue weighted by Crippen LogP contribution is 2.63. The highest BCUT2D eigenvalue weighted by atomic mass is 33.1.